The zero-order valence-electron chi connectivity index (χ0n) is 16.8. The minimum absolute atomic E-state index is 0. The molecule has 0 aliphatic heterocycles. The molecule has 0 aromatic heterocycles. The van der Waals surface area contributed by atoms with Gasteiger partial charge in [-0.3, -0.25) is 0 Å². The van der Waals surface area contributed by atoms with Crippen LogP contribution < -0.4 is 5.73 Å². The first-order chi connectivity index (χ1) is 12.4. The molecular weight excluding hydrogens is 356 g/mol. The number of nitrogens with two attached hydrogens (primary N) is 1. The fourth-order valence-corrected chi connectivity index (χ4v) is 2.48. The molecule has 0 aliphatic rings. The normalized spacial score (nSPS) is 12.3. The number of halogens is 1. The van der Waals surface area contributed by atoms with Crippen LogP contribution in [0.15, 0.2) is 65.7 Å². The van der Waals surface area contributed by atoms with Crippen LogP contribution >= 0.6 is 12.4 Å². The lowest BCUT2D eigenvalue weighted by Gasteiger charge is -2.14. The van der Waals surface area contributed by atoms with Gasteiger partial charge >= 0.3 is 0 Å². The Morgan fingerprint density at radius 2 is 1.26 bits per heavy atom. The summed E-state index contributed by atoms with van der Waals surface area (Å²) in [6, 6.07) is 20.8. The predicted octanol–water partition coefficient (Wildman–Crippen LogP) is 5.22. The zero-order chi connectivity index (χ0) is 19.4. The van der Waals surface area contributed by atoms with Gasteiger partial charge in [0, 0.05) is 6.04 Å². The summed E-state index contributed by atoms with van der Waals surface area (Å²) in [6.07, 6.45) is 3.44. The molecule has 0 saturated carbocycles. The van der Waals surface area contributed by atoms with Crippen LogP contribution in [0.4, 0.5) is 0 Å². The van der Waals surface area contributed by atoms with Crippen molar-refractivity contribution in [1.82, 2.24) is 0 Å². The highest BCUT2D eigenvalue weighted by atomic mass is 35.5. The molecule has 148 valence electrons. The molecule has 0 amide bonds. The Morgan fingerprint density at radius 1 is 0.815 bits per heavy atom. The SMILES string of the molecule is CC(C)[C@@H](Cc1ccccc1)N=C=O.CC(C)[C@H](N)Cc1ccccc1.Cl. The Balaban J connectivity index is 0.000000488. The van der Waals surface area contributed by atoms with Gasteiger partial charge in [-0.2, -0.15) is 0 Å². The number of nitrogens with zero attached hydrogens (tertiary/aromatic N) is 1. The highest BCUT2D eigenvalue weighted by molar-refractivity contribution is 5.85. The molecule has 0 radical (unpaired) electrons. The molecule has 0 unspecified atom stereocenters. The van der Waals surface area contributed by atoms with Crippen LogP contribution in [0.5, 0.6) is 0 Å². The van der Waals surface area contributed by atoms with Gasteiger partial charge in [-0.25, -0.2) is 9.79 Å². The lowest BCUT2D eigenvalue weighted by atomic mass is 9.97. The second-order valence-corrected chi connectivity index (χ2v) is 7.32. The predicted molar refractivity (Wildman–Crippen MR) is 117 cm³/mol. The second kappa shape index (κ2) is 14.2. The van der Waals surface area contributed by atoms with E-state index in [0.29, 0.717) is 11.8 Å². The lowest BCUT2D eigenvalue weighted by molar-refractivity contribution is 0.483. The Bertz CT molecular complexity index is 653. The van der Waals surface area contributed by atoms with Crippen molar-refractivity contribution in [1.29, 1.82) is 0 Å². The van der Waals surface area contributed by atoms with Gasteiger partial charge in [-0.15, -0.1) is 12.4 Å². The van der Waals surface area contributed by atoms with Crippen LogP contribution in [0.3, 0.4) is 0 Å². The first-order valence-electron chi connectivity index (χ1n) is 9.34. The molecule has 0 bridgehead atoms. The molecule has 2 atom stereocenters. The molecule has 2 N–H and O–H groups in total. The fourth-order valence-electron chi connectivity index (χ4n) is 2.48. The summed E-state index contributed by atoms with van der Waals surface area (Å²) in [4.78, 5) is 14.0. The molecule has 2 aromatic rings. The Labute approximate surface area is 170 Å². The van der Waals surface area contributed by atoms with Crippen LogP contribution in [0.25, 0.3) is 0 Å². The van der Waals surface area contributed by atoms with Gasteiger partial charge in [0.25, 0.3) is 0 Å². The highest BCUT2D eigenvalue weighted by Gasteiger charge is 2.12. The third-order valence-corrected chi connectivity index (χ3v) is 4.45. The number of isocyanates is 1. The van der Waals surface area contributed by atoms with E-state index < -0.39 is 0 Å². The van der Waals surface area contributed by atoms with Gasteiger partial charge < -0.3 is 5.73 Å². The number of rotatable bonds is 7. The van der Waals surface area contributed by atoms with Crippen molar-refractivity contribution in [2.45, 2.75) is 52.6 Å². The van der Waals surface area contributed by atoms with Crippen molar-refractivity contribution in [3.8, 4) is 0 Å². The van der Waals surface area contributed by atoms with Crippen molar-refractivity contribution < 1.29 is 4.79 Å². The quantitative estimate of drug-likeness (QED) is 0.521. The molecule has 0 spiro atoms. The third kappa shape index (κ3) is 10.7. The summed E-state index contributed by atoms with van der Waals surface area (Å²) in [7, 11) is 0. The number of hydrogen-bond acceptors (Lipinski definition) is 3. The maximum Gasteiger partial charge on any atom is 0.235 e. The van der Waals surface area contributed by atoms with Crippen molar-refractivity contribution in [2.75, 3.05) is 0 Å². The van der Waals surface area contributed by atoms with Gasteiger partial charge in [0.1, 0.15) is 0 Å². The maximum atomic E-state index is 10.2. The lowest BCUT2D eigenvalue weighted by Crippen LogP contribution is -2.28. The summed E-state index contributed by atoms with van der Waals surface area (Å²) in [5, 5.41) is 0. The standard InChI is InChI=1S/C12H15NO.C11H17N.ClH/c1-10(2)12(13-9-14)8-11-6-4-3-5-7-11;1-9(2)11(12)8-10-6-4-3-5-7-10;/h3-7,10,12H,8H2,1-2H3;3-7,9,11H,8,12H2,1-2H3;1H/t12-;11-;/m11./s1. The molecule has 0 fully saturated rings. The second-order valence-electron chi connectivity index (χ2n) is 7.32. The summed E-state index contributed by atoms with van der Waals surface area (Å²) in [6.45, 7) is 8.45. The van der Waals surface area contributed by atoms with Crippen molar-refractivity contribution in [3.05, 3.63) is 71.8 Å². The Kier molecular flexibility index (Phi) is 13.2. The Morgan fingerprint density at radius 3 is 1.63 bits per heavy atom. The van der Waals surface area contributed by atoms with E-state index in [-0.39, 0.29) is 24.5 Å². The summed E-state index contributed by atoms with van der Waals surface area (Å²) in [5.74, 6) is 0.932. The number of carbonyl (C=O) groups excluding carboxylic acids is 1. The van der Waals surface area contributed by atoms with E-state index in [0.717, 1.165) is 12.8 Å². The fraction of sp³-hybridized carbons (Fsp3) is 0.435. The molecule has 27 heavy (non-hydrogen) atoms. The van der Waals surface area contributed by atoms with Gasteiger partial charge in [-0.05, 0) is 35.8 Å². The minimum Gasteiger partial charge on any atom is -0.327 e. The van der Waals surface area contributed by atoms with Crippen molar-refractivity contribution in [2.24, 2.45) is 22.6 Å². The average Bonchev–Trinajstić information content (AvgIpc) is 2.63. The number of benzene rings is 2. The summed E-state index contributed by atoms with van der Waals surface area (Å²) < 4.78 is 0. The molecule has 0 aliphatic carbocycles. The average molecular weight is 389 g/mol. The first kappa shape index (κ1) is 25.1. The molecule has 2 rings (SSSR count). The molecule has 4 heteroatoms. The summed E-state index contributed by atoms with van der Waals surface area (Å²) >= 11 is 0. The molecule has 0 saturated heterocycles. The molecule has 2 aromatic carbocycles. The topological polar surface area (TPSA) is 55.5 Å². The van der Waals surface area contributed by atoms with E-state index in [1.807, 2.05) is 24.3 Å². The van der Waals surface area contributed by atoms with Gasteiger partial charge in [-0.1, -0.05) is 88.4 Å². The van der Waals surface area contributed by atoms with Crippen LogP contribution in [0.1, 0.15) is 38.8 Å². The molecular formula is C23H33ClN2O. The van der Waals surface area contributed by atoms with Crippen LogP contribution in [-0.2, 0) is 17.6 Å². The first-order valence-corrected chi connectivity index (χ1v) is 9.34. The van der Waals surface area contributed by atoms with E-state index in [4.69, 9.17) is 5.73 Å². The zero-order valence-corrected chi connectivity index (χ0v) is 17.7. The van der Waals surface area contributed by atoms with Crippen molar-refractivity contribution >= 4 is 18.5 Å². The van der Waals surface area contributed by atoms with Gasteiger partial charge in [0.05, 0.1) is 6.04 Å². The molecule has 3 nitrogen and oxygen atoms in total. The van der Waals surface area contributed by atoms with E-state index in [1.165, 1.54) is 11.1 Å². The smallest absolute Gasteiger partial charge is 0.235 e. The van der Waals surface area contributed by atoms with E-state index in [1.54, 1.807) is 6.08 Å². The largest absolute Gasteiger partial charge is 0.327 e. The highest BCUT2D eigenvalue weighted by Crippen LogP contribution is 2.12. The third-order valence-electron chi connectivity index (χ3n) is 4.45. The van der Waals surface area contributed by atoms with Crippen molar-refractivity contribution in [3.63, 3.8) is 0 Å². The van der Waals surface area contributed by atoms with E-state index in [9.17, 15) is 4.79 Å². The number of aliphatic imine (C=N–C) groups is 1. The maximum absolute atomic E-state index is 10.2. The monoisotopic (exact) mass is 388 g/mol. The van der Waals surface area contributed by atoms with E-state index >= 15 is 0 Å². The van der Waals surface area contributed by atoms with Crippen LogP contribution in [0.2, 0.25) is 0 Å². The van der Waals surface area contributed by atoms with Gasteiger partial charge in [0.2, 0.25) is 6.08 Å². The van der Waals surface area contributed by atoms with Crippen LogP contribution in [0, 0.1) is 11.8 Å². The van der Waals surface area contributed by atoms with Gasteiger partial charge in [0.15, 0.2) is 0 Å². The number of hydrogen-bond donors (Lipinski definition) is 1. The van der Waals surface area contributed by atoms with Crippen LogP contribution in [-0.4, -0.2) is 18.2 Å². The van der Waals surface area contributed by atoms with E-state index in [2.05, 4.69) is 69.1 Å². The Hall–Kier alpha value is -1.93. The minimum atomic E-state index is 0. The molecule has 0 heterocycles. The summed E-state index contributed by atoms with van der Waals surface area (Å²) in [5.41, 5.74) is 8.49.